The molecule has 1 aromatic carbocycles. The van der Waals surface area contributed by atoms with Crippen LogP contribution < -0.4 is 15.4 Å². The van der Waals surface area contributed by atoms with Gasteiger partial charge in [0.05, 0.1) is 6.10 Å². The first-order chi connectivity index (χ1) is 13.5. The Bertz CT molecular complexity index is 764. The third-order valence-corrected chi connectivity index (χ3v) is 6.14. The van der Waals surface area contributed by atoms with Crippen LogP contribution in [0.25, 0.3) is 0 Å². The van der Waals surface area contributed by atoms with E-state index >= 15 is 0 Å². The van der Waals surface area contributed by atoms with Crippen molar-refractivity contribution in [1.82, 2.24) is 10.2 Å². The maximum atomic E-state index is 12.8. The maximum Gasteiger partial charge on any atom is 0.325 e. The number of imide groups is 1. The standard InChI is InChI=1S/C21H27N3O4/c1-14(24-19(26)21(23-20(24)27)12-4-5-13-21)18(25)22-15-8-10-17(11-9-15)28-16-6-2-3-7-16/h8-11,14,16H,2-7,12-13H2,1H3,(H,22,25)(H,23,27). The molecule has 1 spiro atoms. The van der Waals surface area contributed by atoms with E-state index in [1.165, 1.54) is 12.8 Å². The minimum Gasteiger partial charge on any atom is -0.490 e. The van der Waals surface area contributed by atoms with Gasteiger partial charge in [0.2, 0.25) is 5.91 Å². The van der Waals surface area contributed by atoms with Crippen molar-refractivity contribution in [3.05, 3.63) is 24.3 Å². The molecule has 150 valence electrons. The summed E-state index contributed by atoms with van der Waals surface area (Å²) in [6.07, 6.45) is 7.98. The lowest BCUT2D eigenvalue weighted by Gasteiger charge is -2.23. The zero-order valence-electron chi connectivity index (χ0n) is 16.2. The van der Waals surface area contributed by atoms with Gasteiger partial charge in [-0.15, -0.1) is 0 Å². The van der Waals surface area contributed by atoms with E-state index in [0.717, 1.165) is 36.3 Å². The number of carbonyl (C=O) groups excluding carboxylic acids is 3. The first-order valence-electron chi connectivity index (χ1n) is 10.2. The minimum atomic E-state index is -0.873. The molecular formula is C21H27N3O4. The van der Waals surface area contributed by atoms with Gasteiger partial charge in [0, 0.05) is 5.69 Å². The molecule has 1 aliphatic heterocycles. The topological polar surface area (TPSA) is 87.7 Å². The molecule has 1 unspecified atom stereocenters. The van der Waals surface area contributed by atoms with Gasteiger partial charge in [-0.1, -0.05) is 12.8 Å². The Morgan fingerprint density at radius 3 is 2.43 bits per heavy atom. The fourth-order valence-corrected chi connectivity index (χ4v) is 4.49. The number of hydrogen-bond donors (Lipinski definition) is 2. The number of carbonyl (C=O) groups is 3. The molecule has 0 bridgehead atoms. The van der Waals surface area contributed by atoms with Gasteiger partial charge in [0.15, 0.2) is 0 Å². The number of anilines is 1. The highest BCUT2D eigenvalue weighted by Crippen LogP contribution is 2.36. The van der Waals surface area contributed by atoms with Crippen LogP contribution in [0.4, 0.5) is 10.5 Å². The summed E-state index contributed by atoms with van der Waals surface area (Å²) in [5, 5.41) is 5.60. The number of hydrogen-bond acceptors (Lipinski definition) is 4. The summed E-state index contributed by atoms with van der Waals surface area (Å²) < 4.78 is 5.93. The Balaban J connectivity index is 1.37. The van der Waals surface area contributed by atoms with Gasteiger partial charge in [0.25, 0.3) is 5.91 Å². The van der Waals surface area contributed by atoms with Crippen LogP contribution in [-0.2, 0) is 9.59 Å². The van der Waals surface area contributed by atoms with Crippen molar-refractivity contribution in [3.63, 3.8) is 0 Å². The number of ether oxygens (including phenoxy) is 1. The van der Waals surface area contributed by atoms with Gasteiger partial charge in [-0.2, -0.15) is 0 Å². The Hall–Kier alpha value is -2.57. The molecule has 2 N–H and O–H groups in total. The quantitative estimate of drug-likeness (QED) is 0.762. The van der Waals surface area contributed by atoms with Crippen molar-refractivity contribution in [2.45, 2.75) is 76.0 Å². The highest BCUT2D eigenvalue weighted by molar-refractivity contribution is 6.11. The fraction of sp³-hybridized carbons (Fsp3) is 0.571. The average molecular weight is 385 g/mol. The highest BCUT2D eigenvalue weighted by Gasteiger charge is 2.54. The molecule has 3 fully saturated rings. The molecular weight excluding hydrogens is 358 g/mol. The van der Waals surface area contributed by atoms with Crippen LogP contribution in [0.1, 0.15) is 58.3 Å². The summed E-state index contributed by atoms with van der Waals surface area (Å²) in [6.45, 7) is 1.58. The molecule has 1 aromatic rings. The number of rotatable bonds is 5. The van der Waals surface area contributed by atoms with Gasteiger partial charge in [-0.25, -0.2) is 9.69 Å². The third-order valence-electron chi connectivity index (χ3n) is 6.14. The normalized spacial score (nSPS) is 22.5. The van der Waals surface area contributed by atoms with E-state index in [1.807, 2.05) is 12.1 Å². The van der Waals surface area contributed by atoms with Gasteiger partial charge in [-0.05, 0) is 69.7 Å². The lowest BCUT2D eigenvalue weighted by molar-refractivity contribution is -0.136. The second-order valence-electron chi connectivity index (χ2n) is 8.11. The molecule has 1 heterocycles. The summed E-state index contributed by atoms with van der Waals surface area (Å²) in [5.41, 5.74) is -0.191. The predicted molar refractivity (Wildman–Crippen MR) is 104 cm³/mol. The van der Waals surface area contributed by atoms with E-state index in [2.05, 4.69) is 10.6 Å². The van der Waals surface area contributed by atoms with Crippen LogP contribution >= 0.6 is 0 Å². The number of nitrogens with one attached hydrogen (secondary N) is 2. The second kappa shape index (κ2) is 7.45. The largest absolute Gasteiger partial charge is 0.490 e. The van der Waals surface area contributed by atoms with E-state index in [1.54, 1.807) is 19.1 Å². The van der Waals surface area contributed by atoms with Crippen LogP contribution in [0.5, 0.6) is 5.75 Å². The van der Waals surface area contributed by atoms with Gasteiger partial charge in [0.1, 0.15) is 17.3 Å². The smallest absolute Gasteiger partial charge is 0.325 e. The molecule has 0 aromatic heterocycles. The van der Waals surface area contributed by atoms with Crippen LogP contribution in [0, 0.1) is 0 Å². The molecule has 2 saturated carbocycles. The Morgan fingerprint density at radius 2 is 1.79 bits per heavy atom. The molecule has 2 aliphatic carbocycles. The highest BCUT2D eigenvalue weighted by atomic mass is 16.5. The van der Waals surface area contributed by atoms with E-state index < -0.39 is 17.6 Å². The SMILES string of the molecule is CC(C(=O)Nc1ccc(OC2CCCC2)cc1)N1C(=O)NC2(CCCC2)C1=O. The first-order valence-corrected chi connectivity index (χ1v) is 10.2. The zero-order chi connectivity index (χ0) is 19.7. The van der Waals surface area contributed by atoms with E-state index in [4.69, 9.17) is 4.74 Å². The number of nitrogens with zero attached hydrogens (tertiary/aromatic N) is 1. The first kappa shape index (κ1) is 18.8. The van der Waals surface area contributed by atoms with Gasteiger partial charge in [-0.3, -0.25) is 9.59 Å². The van der Waals surface area contributed by atoms with Crippen molar-refractivity contribution in [3.8, 4) is 5.75 Å². The summed E-state index contributed by atoms with van der Waals surface area (Å²) >= 11 is 0. The lowest BCUT2D eigenvalue weighted by Crippen LogP contribution is -2.48. The van der Waals surface area contributed by atoms with Crippen LogP contribution in [0.15, 0.2) is 24.3 Å². The Kier molecular flexibility index (Phi) is 5.00. The molecule has 28 heavy (non-hydrogen) atoms. The number of benzene rings is 1. The molecule has 0 radical (unpaired) electrons. The molecule has 4 amide bonds. The predicted octanol–water partition coefficient (Wildman–Crippen LogP) is 3.20. The summed E-state index contributed by atoms with van der Waals surface area (Å²) in [7, 11) is 0. The van der Waals surface area contributed by atoms with Crippen molar-refractivity contribution in [2.24, 2.45) is 0 Å². The van der Waals surface area contributed by atoms with Crippen molar-refractivity contribution in [1.29, 1.82) is 0 Å². The molecule has 4 rings (SSSR count). The van der Waals surface area contributed by atoms with Crippen molar-refractivity contribution >= 4 is 23.5 Å². The summed E-state index contributed by atoms with van der Waals surface area (Å²) in [6, 6.07) is 5.87. The average Bonchev–Trinajstić information content (AvgIpc) is 3.40. The van der Waals surface area contributed by atoms with Crippen LogP contribution in [-0.4, -0.2) is 40.4 Å². The zero-order valence-corrected chi connectivity index (χ0v) is 16.2. The molecule has 3 aliphatic rings. The Morgan fingerprint density at radius 1 is 1.14 bits per heavy atom. The van der Waals surface area contributed by atoms with Gasteiger partial charge >= 0.3 is 6.03 Å². The van der Waals surface area contributed by atoms with Crippen LogP contribution in [0.2, 0.25) is 0 Å². The monoisotopic (exact) mass is 385 g/mol. The summed E-state index contributed by atoms with van der Waals surface area (Å²) in [4.78, 5) is 38.9. The summed E-state index contributed by atoms with van der Waals surface area (Å²) in [5.74, 6) is 0.121. The Labute approximate surface area is 164 Å². The molecule has 1 saturated heterocycles. The van der Waals surface area contributed by atoms with E-state index in [0.29, 0.717) is 18.5 Å². The lowest BCUT2D eigenvalue weighted by atomic mass is 9.97. The third kappa shape index (κ3) is 3.45. The number of amides is 4. The molecule has 7 nitrogen and oxygen atoms in total. The minimum absolute atomic E-state index is 0.280. The van der Waals surface area contributed by atoms with Crippen molar-refractivity contribution in [2.75, 3.05) is 5.32 Å². The van der Waals surface area contributed by atoms with Gasteiger partial charge < -0.3 is 15.4 Å². The van der Waals surface area contributed by atoms with Crippen molar-refractivity contribution < 1.29 is 19.1 Å². The maximum absolute atomic E-state index is 12.8. The fourth-order valence-electron chi connectivity index (χ4n) is 4.49. The molecule has 1 atom stereocenters. The van der Waals surface area contributed by atoms with Crippen LogP contribution in [0.3, 0.4) is 0 Å². The van der Waals surface area contributed by atoms with E-state index in [-0.39, 0.29) is 17.9 Å². The van der Waals surface area contributed by atoms with E-state index in [9.17, 15) is 14.4 Å². The number of urea groups is 1. The second-order valence-corrected chi connectivity index (χ2v) is 8.11. The molecule has 7 heteroatoms.